The summed E-state index contributed by atoms with van der Waals surface area (Å²) >= 11 is 5.93. The number of hydrogen-bond donors (Lipinski definition) is 2. The summed E-state index contributed by atoms with van der Waals surface area (Å²) in [6, 6.07) is 10.1. The minimum absolute atomic E-state index is 0.0194. The van der Waals surface area contributed by atoms with Crippen molar-refractivity contribution < 1.29 is 12.8 Å². The summed E-state index contributed by atoms with van der Waals surface area (Å²) in [5, 5.41) is 3.08. The van der Waals surface area contributed by atoms with Crippen LogP contribution >= 0.6 is 11.6 Å². The Kier molecular flexibility index (Phi) is 4.82. The summed E-state index contributed by atoms with van der Waals surface area (Å²) in [6.07, 6.45) is 0. The molecule has 0 aliphatic rings. The van der Waals surface area contributed by atoms with Crippen molar-refractivity contribution >= 4 is 27.3 Å². The second-order valence-electron chi connectivity index (χ2n) is 4.37. The summed E-state index contributed by atoms with van der Waals surface area (Å²) < 4.78 is 40.6. The molecule has 112 valence electrons. The SMILES string of the molecule is CNCc1cc(S(=O)(=O)Nc2ccccc2Cl)ccc1F. The number of rotatable bonds is 5. The maximum atomic E-state index is 13.6. The van der Waals surface area contributed by atoms with Crippen LogP contribution < -0.4 is 10.0 Å². The molecule has 0 bridgehead atoms. The molecule has 0 aromatic heterocycles. The zero-order valence-electron chi connectivity index (χ0n) is 11.2. The molecule has 2 aromatic carbocycles. The van der Waals surface area contributed by atoms with Gasteiger partial charge in [-0.1, -0.05) is 23.7 Å². The molecule has 0 saturated heterocycles. The molecule has 2 rings (SSSR count). The number of nitrogens with one attached hydrogen (secondary N) is 2. The molecule has 0 amide bonds. The Morgan fingerprint density at radius 3 is 2.57 bits per heavy atom. The second kappa shape index (κ2) is 6.43. The molecule has 7 heteroatoms. The number of para-hydroxylation sites is 1. The molecule has 0 aliphatic heterocycles. The summed E-state index contributed by atoms with van der Waals surface area (Å²) in [7, 11) is -2.17. The van der Waals surface area contributed by atoms with Crippen LogP contribution in [0.1, 0.15) is 5.56 Å². The van der Waals surface area contributed by atoms with Gasteiger partial charge < -0.3 is 5.32 Å². The Morgan fingerprint density at radius 2 is 1.90 bits per heavy atom. The van der Waals surface area contributed by atoms with Crippen molar-refractivity contribution in [2.45, 2.75) is 11.4 Å². The van der Waals surface area contributed by atoms with E-state index in [0.29, 0.717) is 5.02 Å². The van der Waals surface area contributed by atoms with Crippen molar-refractivity contribution in [1.29, 1.82) is 0 Å². The van der Waals surface area contributed by atoms with E-state index in [2.05, 4.69) is 10.0 Å². The lowest BCUT2D eigenvalue weighted by atomic mass is 10.2. The number of anilines is 1. The van der Waals surface area contributed by atoms with E-state index in [1.165, 1.54) is 12.1 Å². The molecule has 2 aromatic rings. The molecule has 0 unspecified atom stereocenters. The first kappa shape index (κ1) is 15.8. The van der Waals surface area contributed by atoms with Crippen molar-refractivity contribution in [2.75, 3.05) is 11.8 Å². The highest BCUT2D eigenvalue weighted by Crippen LogP contribution is 2.24. The summed E-state index contributed by atoms with van der Waals surface area (Å²) in [5.74, 6) is -0.457. The number of sulfonamides is 1. The fourth-order valence-electron chi connectivity index (χ4n) is 1.79. The molecule has 21 heavy (non-hydrogen) atoms. The van der Waals surface area contributed by atoms with Gasteiger partial charge in [0.2, 0.25) is 0 Å². The Morgan fingerprint density at radius 1 is 1.19 bits per heavy atom. The highest BCUT2D eigenvalue weighted by molar-refractivity contribution is 7.92. The number of benzene rings is 2. The first-order valence-corrected chi connectivity index (χ1v) is 8.00. The Balaban J connectivity index is 2.36. The van der Waals surface area contributed by atoms with E-state index in [1.54, 1.807) is 31.3 Å². The first-order chi connectivity index (χ1) is 9.94. The van der Waals surface area contributed by atoms with Crippen molar-refractivity contribution in [3.63, 3.8) is 0 Å². The molecule has 0 fully saturated rings. The van der Waals surface area contributed by atoms with Crippen molar-refractivity contribution in [2.24, 2.45) is 0 Å². The largest absolute Gasteiger partial charge is 0.316 e. The van der Waals surface area contributed by atoms with Crippen LogP contribution in [0.25, 0.3) is 0 Å². The van der Waals surface area contributed by atoms with E-state index in [-0.39, 0.29) is 22.7 Å². The Bertz CT molecular complexity index is 750. The van der Waals surface area contributed by atoms with Crippen molar-refractivity contribution in [3.8, 4) is 0 Å². The first-order valence-electron chi connectivity index (χ1n) is 6.14. The third kappa shape index (κ3) is 3.72. The maximum absolute atomic E-state index is 13.6. The van der Waals surface area contributed by atoms with Gasteiger partial charge in [-0.05, 0) is 37.4 Å². The van der Waals surface area contributed by atoms with Crippen LogP contribution in [0.3, 0.4) is 0 Å². The monoisotopic (exact) mass is 328 g/mol. The van der Waals surface area contributed by atoms with E-state index in [1.807, 2.05) is 0 Å². The average molecular weight is 329 g/mol. The van der Waals surface area contributed by atoms with Crippen LogP contribution in [0.15, 0.2) is 47.4 Å². The van der Waals surface area contributed by atoms with E-state index in [0.717, 1.165) is 6.07 Å². The van der Waals surface area contributed by atoms with Gasteiger partial charge >= 0.3 is 0 Å². The zero-order valence-corrected chi connectivity index (χ0v) is 12.8. The van der Waals surface area contributed by atoms with Crippen LogP contribution in [0.5, 0.6) is 0 Å². The van der Waals surface area contributed by atoms with Crippen LogP contribution in [0.2, 0.25) is 5.02 Å². The highest BCUT2D eigenvalue weighted by atomic mass is 35.5. The topological polar surface area (TPSA) is 58.2 Å². The second-order valence-corrected chi connectivity index (χ2v) is 6.46. The highest BCUT2D eigenvalue weighted by Gasteiger charge is 2.17. The van der Waals surface area contributed by atoms with Gasteiger partial charge in [0.25, 0.3) is 10.0 Å². The van der Waals surface area contributed by atoms with Crippen LogP contribution in [-0.4, -0.2) is 15.5 Å². The Labute approximate surface area is 128 Å². The van der Waals surface area contributed by atoms with Crippen molar-refractivity contribution in [3.05, 3.63) is 58.9 Å². The fraction of sp³-hybridized carbons (Fsp3) is 0.143. The molecular weight excluding hydrogens is 315 g/mol. The molecule has 0 atom stereocenters. The van der Waals surface area contributed by atoms with E-state index in [4.69, 9.17) is 11.6 Å². The van der Waals surface area contributed by atoms with E-state index >= 15 is 0 Å². The standard InChI is InChI=1S/C14H14ClFN2O2S/c1-17-9-10-8-11(6-7-13(10)16)21(19,20)18-14-5-3-2-4-12(14)15/h2-8,17-18H,9H2,1H3. The molecule has 0 spiro atoms. The molecule has 0 radical (unpaired) electrons. The molecule has 0 saturated carbocycles. The smallest absolute Gasteiger partial charge is 0.261 e. The van der Waals surface area contributed by atoms with Crippen molar-refractivity contribution in [1.82, 2.24) is 5.32 Å². The number of hydrogen-bond acceptors (Lipinski definition) is 3. The lowest BCUT2D eigenvalue weighted by molar-refractivity contribution is 0.592. The van der Waals surface area contributed by atoms with Gasteiger partial charge in [0.05, 0.1) is 15.6 Å². The fourth-order valence-corrected chi connectivity index (χ4v) is 3.16. The van der Waals surface area contributed by atoms with E-state index < -0.39 is 15.8 Å². The number of halogens is 2. The lowest BCUT2D eigenvalue weighted by Gasteiger charge is -2.11. The average Bonchev–Trinajstić information content (AvgIpc) is 2.44. The predicted molar refractivity (Wildman–Crippen MR) is 81.4 cm³/mol. The van der Waals surface area contributed by atoms with Gasteiger partial charge in [0, 0.05) is 12.1 Å². The predicted octanol–water partition coefficient (Wildman–Crippen LogP) is 3.00. The van der Waals surface area contributed by atoms with Crippen LogP contribution in [0.4, 0.5) is 10.1 Å². The third-order valence-electron chi connectivity index (χ3n) is 2.81. The zero-order chi connectivity index (χ0) is 15.5. The molecule has 0 heterocycles. The van der Waals surface area contributed by atoms with Gasteiger partial charge in [-0.15, -0.1) is 0 Å². The van der Waals surface area contributed by atoms with Gasteiger partial charge in [0.15, 0.2) is 0 Å². The van der Waals surface area contributed by atoms with Gasteiger partial charge in [0.1, 0.15) is 5.82 Å². The van der Waals surface area contributed by atoms with Gasteiger partial charge in [-0.25, -0.2) is 12.8 Å². The lowest BCUT2D eigenvalue weighted by Crippen LogP contribution is -2.15. The Hall–Kier alpha value is -1.63. The van der Waals surface area contributed by atoms with Crippen LogP contribution in [0, 0.1) is 5.82 Å². The minimum atomic E-state index is -3.82. The van der Waals surface area contributed by atoms with Crippen LogP contribution in [-0.2, 0) is 16.6 Å². The third-order valence-corrected chi connectivity index (χ3v) is 4.51. The summed E-state index contributed by atoms with van der Waals surface area (Å²) in [5.41, 5.74) is 0.554. The normalized spacial score (nSPS) is 11.4. The van der Waals surface area contributed by atoms with E-state index in [9.17, 15) is 12.8 Å². The molecular formula is C14H14ClFN2O2S. The molecule has 2 N–H and O–H groups in total. The maximum Gasteiger partial charge on any atom is 0.261 e. The minimum Gasteiger partial charge on any atom is -0.316 e. The quantitative estimate of drug-likeness (QED) is 0.887. The molecule has 0 aliphatic carbocycles. The van der Waals surface area contributed by atoms with Gasteiger partial charge in [-0.2, -0.15) is 0 Å². The molecule has 4 nitrogen and oxygen atoms in total. The summed E-state index contributed by atoms with van der Waals surface area (Å²) in [6.45, 7) is 0.237. The van der Waals surface area contributed by atoms with Gasteiger partial charge in [-0.3, -0.25) is 4.72 Å². The summed E-state index contributed by atoms with van der Waals surface area (Å²) in [4.78, 5) is -0.0194.